The number of hydrogen-bond acceptors (Lipinski definition) is 3. The van der Waals surface area contributed by atoms with Crippen LogP contribution in [0.5, 0.6) is 0 Å². The minimum atomic E-state index is -0.153. The van der Waals surface area contributed by atoms with Gasteiger partial charge in [0.05, 0.1) is 6.04 Å². The summed E-state index contributed by atoms with van der Waals surface area (Å²) in [5.41, 5.74) is 1.26. The molecule has 3 N–H and O–H groups in total. The Balaban J connectivity index is 1.92. The normalized spacial score (nSPS) is 17.5. The van der Waals surface area contributed by atoms with Crippen LogP contribution in [0.1, 0.15) is 23.2 Å². The molecule has 0 aromatic heterocycles. The van der Waals surface area contributed by atoms with E-state index in [-0.39, 0.29) is 17.9 Å². The number of benzene rings is 1. The number of anilines is 1. The second-order valence-electron chi connectivity index (χ2n) is 4.71. The van der Waals surface area contributed by atoms with E-state index in [1.165, 1.54) is 0 Å². The summed E-state index contributed by atoms with van der Waals surface area (Å²) in [5, 5.41) is 8.69. The van der Waals surface area contributed by atoms with Crippen molar-refractivity contribution in [1.82, 2.24) is 10.6 Å². The van der Waals surface area contributed by atoms with Crippen molar-refractivity contribution in [2.24, 2.45) is 0 Å². The molecule has 5 heteroatoms. The lowest BCUT2D eigenvalue weighted by atomic mass is 10.1. The molecule has 1 aromatic carbocycles. The van der Waals surface area contributed by atoms with Gasteiger partial charge in [-0.05, 0) is 43.7 Å². The average Bonchev–Trinajstić information content (AvgIpc) is 3.00. The highest BCUT2D eigenvalue weighted by Crippen LogP contribution is 2.12. The van der Waals surface area contributed by atoms with E-state index in [4.69, 9.17) is 0 Å². The minimum Gasteiger partial charge on any atom is -0.349 e. The van der Waals surface area contributed by atoms with Crippen LogP contribution in [-0.4, -0.2) is 30.9 Å². The maximum absolute atomic E-state index is 11.9. The van der Waals surface area contributed by atoms with Crippen LogP contribution in [0.4, 0.5) is 5.69 Å². The smallest absolute Gasteiger partial charge is 0.251 e. The zero-order valence-corrected chi connectivity index (χ0v) is 11.3. The molecule has 1 saturated heterocycles. The minimum absolute atomic E-state index is 0.0219. The van der Waals surface area contributed by atoms with Gasteiger partial charge >= 0.3 is 0 Å². The van der Waals surface area contributed by atoms with E-state index in [1.54, 1.807) is 30.3 Å². The van der Waals surface area contributed by atoms with Gasteiger partial charge in [0.25, 0.3) is 5.91 Å². The Morgan fingerprint density at radius 2 is 2.10 bits per heavy atom. The highest BCUT2D eigenvalue weighted by Gasteiger charge is 2.21. The molecular formula is C15H19N3O2. The molecule has 1 aliphatic rings. The van der Waals surface area contributed by atoms with Gasteiger partial charge in [-0.15, -0.1) is 6.58 Å². The summed E-state index contributed by atoms with van der Waals surface area (Å²) in [4.78, 5) is 23.6. The number of rotatable bonds is 5. The van der Waals surface area contributed by atoms with Crippen molar-refractivity contribution in [1.29, 1.82) is 0 Å². The van der Waals surface area contributed by atoms with Gasteiger partial charge in [-0.2, -0.15) is 0 Å². The van der Waals surface area contributed by atoms with E-state index in [2.05, 4.69) is 22.5 Å². The highest BCUT2D eigenvalue weighted by atomic mass is 16.2. The Hall–Kier alpha value is -2.14. The third-order valence-corrected chi connectivity index (χ3v) is 3.20. The zero-order chi connectivity index (χ0) is 14.4. The van der Waals surface area contributed by atoms with Crippen molar-refractivity contribution in [2.45, 2.75) is 18.9 Å². The monoisotopic (exact) mass is 273 g/mol. The molecule has 0 bridgehead atoms. The molecule has 0 radical (unpaired) electrons. The van der Waals surface area contributed by atoms with Gasteiger partial charge < -0.3 is 16.0 Å². The Morgan fingerprint density at radius 3 is 2.70 bits per heavy atom. The first kappa shape index (κ1) is 14.3. The second kappa shape index (κ2) is 6.86. The van der Waals surface area contributed by atoms with Crippen LogP contribution in [0.3, 0.4) is 0 Å². The fraction of sp³-hybridized carbons (Fsp3) is 0.333. The molecule has 0 spiro atoms. The summed E-state index contributed by atoms with van der Waals surface area (Å²) >= 11 is 0. The van der Waals surface area contributed by atoms with Gasteiger partial charge in [0.2, 0.25) is 5.91 Å². The molecule has 1 aromatic rings. The highest BCUT2D eigenvalue weighted by molar-refractivity contribution is 5.97. The van der Waals surface area contributed by atoms with E-state index < -0.39 is 0 Å². The topological polar surface area (TPSA) is 70.2 Å². The maximum Gasteiger partial charge on any atom is 0.251 e. The van der Waals surface area contributed by atoms with Crippen LogP contribution in [0.2, 0.25) is 0 Å². The van der Waals surface area contributed by atoms with Crippen LogP contribution in [0.25, 0.3) is 0 Å². The lowest BCUT2D eigenvalue weighted by molar-refractivity contribution is -0.117. The Labute approximate surface area is 118 Å². The van der Waals surface area contributed by atoms with E-state index in [9.17, 15) is 9.59 Å². The number of carbonyl (C=O) groups is 2. The SMILES string of the molecule is C=CCNC(=O)c1ccc(NC(=O)C2CCCN2)cc1. The molecule has 106 valence electrons. The van der Waals surface area contributed by atoms with Crippen molar-refractivity contribution in [3.63, 3.8) is 0 Å². The first-order valence-corrected chi connectivity index (χ1v) is 6.74. The summed E-state index contributed by atoms with van der Waals surface area (Å²) < 4.78 is 0. The number of hydrogen-bond donors (Lipinski definition) is 3. The maximum atomic E-state index is 11.9. The van der Waals surface area contributed by atoms with Crippen LogP contribution in [0, 0.1) is 0 Å². The van der Waals surface area contributed by atoms with E-state index in [0.717, 1.165) is 19.4 Å². The Bertz CT molecular complexity index is 490. The van der Waals surface area contributed by atoms with Crippen LogP contribution >= 0.6 is 0 Å². The van der Waals surface area contributed by atoms with Crippen LogP contribution in [-0.2, 0) is 4.79 Å². The standard InChI is InChI=1S/C15H19N3O2/c1-2-9-17-14(19)11-5-7-12(8-6-11)18-15(20)13-4-3-10-16-13/h2,5-8,13,16H,1,3-4,9-10H2,(H,17,19)(H,18,20). The first-order valence-electron chi connectivity index (χ1n) is 6.74. The van der Waals surface area contributed by atoms with Crippen molar-refractivity contribution in [3.05, 3.63) is 42.5 Å². The second-order valence-corrected chi connectivity index (χ2v) is 4.71. The van der Waals surface area contributed by atoms with E-state index in [1.807, 2.05) is 0 Å². The number of carbonyl (C=O) groups excluding carboxylic acids is 2. The molecule has 5 nitrogen and oxygen atoms in total. The Kier molecular flexibility index (Phi) is 4.90. The first-order chi connectivity index (χ1) is 9.70. The summed E-state index contributed by atoms with van der Waals surface area (Å²) in [6, 6.07) is 6.74. The molecule has 1 aliphatic heterocycles. The summed E-state index contributed by atoms with van der Waals surface area (Å²) in [7, 11) is 0. The molecule has 1 fully saturated rings. The Morgan fingerprint density at radius 1 is 1.35 bits per heavy atom. The molecule has 2 rings (SSSR count). The number of nitrogens with one attached hydrogen (secondary N) is 3. The van der Waals surface area contributed by atoms with E-state index >= 15 is 0 Å². The summed E-state index contributed by atoms with van der Waals surface area (Å²) in [6.07, 6.45) is 3.52. The molecular weight excluding hydrogens is 254 g/mol. The van der Waals surface area contributed by atoms with Crippen molar-refractivity contribution >= 4 is 17.5 Å². The fourth-order valence-electron chi connectivity index (χ4n) is 2.11. The fourth-order valence-corrected chi connectivity index (χ4v) is 2.11. The van der Waals surface area contributed by atoms with Crippen LogP contribution < -0.4 is 16.0 Å². The third kappa shape index (κ3) is 3.68. The molecule has 20 heavy (non-hydrogen) atoms. The predicted octanol–water partition coefficient (Wildman–Crippen LogP) is 1.29. The van der Waals surface area contributed by atoms with Crippen molar-refractivity contribution < 1.29 is 9.59 Å². The van der Waals surface area contributed by atoms with Gasteiger partial charge in [-0.25, -0.2) is 0 Å². The van der Waals surface area contributed by atoms with Crippen molar-refractivity contribution in [2.75, 3.05) is 18.4 Å². The molecule has 2 amide bonds. The van der Waals surface area contributed by atoms with E-state index in [0.29, 0.717) is 17.8 Å². The summed E-state index contributed by atoms with van der Waals surface area (Å²) in [6.45, 7) is 4.87. The lowest BCUT2D eigenvalue weighted by Gasteiger charge is -2.11. The van der Waals surface area contributed by atoms with Gasteiger partial charge in [0.1, 0.15) is 0 Å². The van der Waals surface area contributed by atoms with Gasteiger partial charge in [-0.1, -0.05) is 6.08 Å². The van der Waals surface area contributed by atoms with Gasteiger partial charge in [0, 0.05) is 17.8 Å². The molecule has 0 aliphatic carbocycles. The largest absolute Gasteiger partial charge is 0.349 e. The molecule has 1 heterocycles. The number of amides is 2. The summed E-state index contributed by atoms with van der Waals surface area (Å²) in [5.74, 6) is -0.174. The van der Waals surface area contributed by atoms with Crippen LogP contribution in [0.15, 0.2) is 36.9 Å². The quantitative estimate of drug-likeness (QED) is 0.708. The molecule has 0 saturated carbocycles. The predicted molar refractivity (Wildman–Crippen MR) is 78.6 cm³/mol. The third-order valence-electron chi connectivity index (χ3n) is 3.20. The average molecular weight is 273 g/mol. The van der Waals surface area contributed by atoms with Crippen molar-refractivity contribution in [3.8, 4) is 0 Å². The zero-order valence-electron chi connectivity index (χ0n) is 11.3. The molecule has 1 atom stereocenters. The lowest BCUT2D eigenvalue weighted by Crippen LogP contribution is -2.35. The van der Waals surface area contributed by atoms with Gasteiger partial charge in [0.15, 0.2) is 0 Å². The molecule has 1 unspecified atom stereocenters. The van der Waals surface area contributed by atoms with Gasteiger partial charge in [-0.3, -0.25) is 9.59 Å².